The molecule has 0 aromatic heterocycles. The van der Waals surface area contributed by atoms with Crippen LogP contribution < -0.4 is 5.32 Å². The van der Waals surface area contributed by atoms with Crippen molar-refractivity contribution in [2.45, 2.75) is 26.2 Å². The zero-order valence-electron chi connectivity index (χ0n) is 8.41. The lowest BCUT2D eigenvalue weighted by atomic mass is 10.4. The fraction of sp³-hybridized carbons (Fsp3) is 0.778. The number of carbonyl (C=O) groups is 2. The lowest BCUT2D eigenvalue weighted by Gasteiger charge is -2.04. The van der Waals surface area contributed by atoms with Crippen molar-refractivity contribution in [3.05, 3.63) is 0 Å². The standard InChI is InChI=1S/C9H17NO4/c1-2-3-5-14-6-4-10-8(11)7-9(12)13/h2-7H2,1H3,(H,10,11)(H,12,13). The minimum absolute atomic E-state index is 0.371. The molecular formula is C9H17NO4. The summed E-state index contributed by atoms with van der Waals surface area (Å²) in [5, 5.41) is 10.7. The highest BCUT2D eigenvalue weighted by Gasteiger charge is 2.05. The molecule has 0 spiro atoms. The van der Waals surface area contributed by atoms with E-state index in [4.69, 9.17) is 9.84 Å². The molecule has 2 N–H and O–H groups in total. The summed E-state index contributed by atoms with van der Waals surface area (Å²) in [5.41, 5.74) is 0. The van der Waals surface area contributed by atoms with Gasteiger partial charge in [-0.25, -0.2) is 0 Å². The van der Waals surface area contributed by atoms with Crippen LogP contribution in [0, 0.1) is 0 Å². The van der Waals surface area contributed by atoms with Crippen LogP contribution in [0.4, 0.5) is 0 Å². The van der Waals surface area contributed by atoms with Crippen LogP contribution in [0.25, 0.3) is 0 Å². The Bertz CT molecular complexity index is 182. The van der Waals surface area contributed by atoms with E-state index in [1.807, 2.05) is 0 Å². The number of carboxylic acid groups (broad SMARTS) is 1. The van der Waals surface area contributed by atoms with Gasteiger partial charge in [0, 0.05) is 13.2 Å². The smallest absolute Gasteiger partial charge is 0.312 e. The maximum atomic E-state index is 10.8. The summed E-state index contributed by atoms with van der Waals surface area (Å²) in [4.78, 5) is 20.9. The molecule has 82 valence electrons. The molecule has 0 aromatic rings. The molecule has 0 rings (SSSR count). The predicted molar refractivity (Wildman–Crippen MR) is 51.0 cm³/mol. The SMILES string of the molecule is CCCCOCCNC(=O)CC(=O)O. The van der Waals surface area contributed by atoms with Gasteiger partial charge >= 0.3 is 5.97 Å². The fourth-order valence-corrected chi connectivity index (χ4v) is 0.811. The van der Waals surface area contributed by atoms with Gasteiger partial charge in [0.1, 0.15) is 6.42 Å². The summed E-state index contributed by atoms with van der Waals surface area (Å²) < 4.78 is 5.17. The summed E-state index contributed by atoms with van der Waals surface area (Å²) >= 11 is 0. The second kappa shape index (κ2) is 8.50. The van der Waals surface area contributed by atoms with Gasteiger partial charge in [0.2, 0.25) is 5.91 Å². The van der Waals surface area contributed by atoms with E-state index >= 15 is 0 Å². The number of ether oxygens (including phenoxy) is 1. The van der Waals surface area contributed by atoms with Crippen molar-refractivity contribution in [1.82, 2.24) is 5.32 Å². The molecule has 0 aliphatic heterocycles. The molecule has 0 bridgehead atoms. The fourth-order valence-electron chi connectivity index (χ4n) is 0.811. The molecule has 0 heterocycles. The quantitative estimate of drug-likeness (QED) is 0.442. The van der Waals surface area contributed by atoms with Crippen molar-refractivity contribution < 1.29 is 19.4 Å². The molecule has 0 saturated carbocycles. The Morgan fingerprint density at radius 3 is 2.64 bits per heavy atom. The molecule has 0 aliphatic carbocycles. The molecule has 1 amide bonds. The highest BCUT2D eigenvalue weighted by Crippen LogP contribution is 1.86. The van der Waals surface area contributed by atoms with E-state index in [9.17, 15) is 9.59 Å². The van der Waals surface area contributed by atoms with Gasteiger partial charge in [0.05, 0.1) is 6.61 Å². The third-order valence-electron chi connectivity index (χ3n) is 1.52. The highest BCUT2D eigenvalue weighted by molar-refractivity contribution is 5.93. The summed E-state index contributed by atoms with van der Waals surface area (Å²) in [6.45, 7) is 3.56. The summed E-state index contributed by atoms with van der Waals surface area (Å²) in [6.07, 6.45) is 1.60. The molecule has 0 aliphatic rings. The normalized spacial score (nSPS) is 9.79. The Hall–Kier alpha value is -1.10. The maximum absolute atomic E-state index is 10.8. The number of carboxylic acids is 1. The molecule has 0 fully saturated rings. The van der Waals surface area contributed by atoms with Crippen molar-refractivity contribution in [3.63, 3.8) is 0 Å². The predicted octanol–water partition coefficient (Wildman–Crippen LogP) is 0.394. The Kier molecular flexibility index (Phi) is 7.83. The molecule has 0 unspecified atom stereocenters. The van der Waals surface area contributed by atoms with Crippen LogP contribution in [-0.4, -0.2) is 36.7 Å². The molecule has 0 saturated heterocycles. The molecule has 5 nitrogen and oxygen atoms in total. The first kappa shape index (κ1) is 12.9. The monoisotopic (exact) mass is 203 g/mol. The third-order valence-corrected chi connectivity index (χ3v) is 1.52. The van der Waals surface area contributed by atoms with Crippen LogP contribution in [0.3, 0.4) is 0 Å². The average Bonchev–Trinajstić information content (AvgIpc) is 2.10. The maximum Gasteiger partial charge on any atom is 0.312 e. The van der Waals surface area contributed by atoms with Gasteiger partial charge in [0.15, 0.2) is 0 Å². The summed E-state index contributed by atoms with van der Waals surface area (Å²) in [5.74, 6) is -1.59. The van der Waals surface area contributed by atoms with Crippen molar-refractivity contribution in [3.8, 4) is 0 Å². The molecule has 14 heavy (non-hydrogen) atoms. The second-order valence-electron chi connectivity index (χ2n) is 2.89. The average molecular weight is 203 g/mol. The molecule has 0 radical (unpaired) electrons. The van der Waals surface area contributed by atoms with E-state index in [0.717, 1.165) is 12.8 Å². The van der Waals surface area contributed by atoms with Gasteiger partial charge in [0.25, 0.3) is 0 Å². The zero-order valence-corrected chi connectivity index (χ0v) is 8.41. The number of unbranched alkanes of at least 4 members (excludes halogenated alkanes) is 1. The number of amides is 1. The first-order valence-electron chi connectivity index (χ1n) is 4.73. The Morgan fingerprint density at radius 1 is 1.36 bits per heavy atom. The van der Waals surface area contributed by atoms with E-state index in [1.165, 1.54) is 0 Å². The Balaban J connectivity index is 3.19. The van der Waals surface area contributed by atoms with Crippen LogP contribution in [0.1, 0.15) is 26.2 Å². The minimum atomic E-state index is -1.12. The van der Waals surface area contributed by atoms with Gasteiger partial charge < -0.3 is 15.2 Å². The largest absolute Gasteiger partial charge is 0.481 e. The van der Waals surface area contributed by atoms with E-state index in [0.29, 0.717) is 19.8 Å². The van der Waals surface area contributed by atoms with Crippen LogP contribution in [0.5, 0.6) is 0 Å². The van der Waals surface area contributed by atoms with Crippen LogP contribution in [0.15, 0.2) is 0 Å². The third kappa shape index (κ3) is 8.99. The number of nitrogens with one attached hydrogen (secondary N) is 1. The van der Waals surface area contributed by atoms with Gasteiger partial charge in [-0.15, -0.1) is 0 Å². The summed E-state index contributed by atoms with van der Waals surface area (Å²) in [7, 11) is 0. The van der Waals surface area contributed by atoms with E-state index in [-0.39, 0.29) is 0 Å². The van der Waals surface area contributed by atoms with Gasteiger partial charge in [-0.1, -0.05) is 13.3 Å². The van der Waals surface area contributed by atoms with E-state index in [1.54, 1.807) is 0 Å². The van der Waals surface area contributed by atoms with Crippen LogP contribution in [0.2, 0.25) is 0 Å². The number of hydrogen-bond donors (Lipinski definition) is 2. The van der Waals surface area contributed by atoms with Crippen molar-refractivity contribution >= 4 is 11.9 Å². The topological polar surface area (TPSA) is 75.6 Å². The summed E-state index contributed by atoms with van der Waals surface area (Å²) in [6, 6.07) is 0. The number of hydrogen-bond acceptors (Lipinski definition) is 3. The van der Waals surface area contributed by atoms with E-state index < -0.39 is 18.3 Å². The first-order valence-corrected chi connectivity index (χ1v) is 4.73. The van der Waals surface area contributed by atoms with Crippen molar-refractivity contribution in [2.24, 2.45) is 0 Å². The Morgan fingerprint density at radius 2 is 2.07 bits per heavy atom. The number of aliphatic carboxylic acids is 1. The zero-order chi connectivity index (χ0) is 10.8. The van der Waals surface area contributed by atoms with Crippen molar-refractivity contribution in [2.75, 3.05) is 19.8 Å². The molecule has 5 heteroatoms. The highest BCUT2D eigenvalue weighted by atomic mass is 16.5. The van der Waals surface area contributed by atoms with Crippen LogP contribution >= 0.6 is 0 Å². The van der Waals surface area contributed by atoms with Gasteiger partial charge in [-0.05, 0) is 6.42 Å². The van der Waals surface area contributed by atoms with Gasteiger partial charge in [-0.2, -0.15) is 0 Å². The van der Waals surface area contributed by atoms with Crippen molar-refractivity contribution in [1.29, 1.82) is 0 Å². The molecular weight excluding hydrogens is 186 g/mol. The molecule has 0 aromatic carbocycles. The number of rotatable bonds is 8. The lowest BCUT2D eigenvalue weighted by Crippen LogP contribution is -2.28. The van der Waals surface area contributed by atoms with E-state index in [2.05, 4.69) is 12.2 Å². The lowest BCUT2D eigenvalue weighted by molar-refractivity contribution is -0.140. The first-order chi connectivity index (χ1) is 6.66. The second-order valence-corrected chi connectivity index (χ2v) is 2.89. The molecule has 0 atom stereocenters. The van der Waals surface area contributed by atoms with Gasteiger partial charge in [-0.3, -0.25) is 9.59 Å². The number of carbonyl (C=O) groups excluding carboxylic acids is 1. The minimum Gasteiger partial charge on any atom is -0.481 e. The van der Waals surface area contributed by atoms with Crippen LogP contribution in [-0.2, 0) is 14.3 Å². The Labute approximate surface area is 83.4 Å².